The van der Waals surface area contributed by atoms with Crippen molar-refractivity contribution < 1.29 is 5.11 Å². The van der Waals surface area contributed by atoms with Crippen molar-refractivity contribution in [2.45, 2.75) is 38.7 Å². The van der Waals surface area contributed by atoms with E-state index in [1.807, 2.05) is 6.92 Å². The van der Waals surface area contributed by atoms with Crippen LogP contribution in [0.3, 0.4) is 0 Å². The number of hydrogen-bond donors (Lipinski definition) is 1. The first kappa shape index (κ1) is 12.7. The lowest BCUT2D eigenvalue weighted by Crippen LogP contribution is -2.31. The number of aliphatic hydroxyl groups is 1. The lowest BCUT2D eigenvalue weighted by Gasteiger charge is -2.29. The molecular weight excluding hydrogens is 240 g/mol. The number of rotatable bonds is 2. The van der Waals surface area contributed by atoms with Crippen molar-refractivity contribution in [3.63, 3.8) is 0 Å². The molecule has 104 valence electrons. The molecule has 1 aromatic rings. The van der Waals surface area contributed by atoms with Crippen molar-refractivity contribution in [3.05, 3.63) is 11.9 Å². The van der Waals surface area contributed by atoms with E-state index in [1.165, 1.54) is 19.3 Å². The highest BCUT2D eigenvalue weighted by Crippen LogP contribution is 2.24. The second-order valence-electron chi connectivity index (χ2n) is 5.57. The van der Waals surface area contributed by atoms with Crippen LogP contribution in [-0.4, -0.2) is 47.4 Å². The van der Waals surface area contributed by atoms with E-state index in [-0.39, 0.29) is 6.10 Å². The average molecular weight is 262 g/mol. The molecule has 1 aromatic heterocycles. The molecule has 0 saturated carbocycles. The molecule has 3 rings (SSSR count). The molecule has 1 atom stereocenters. The fourth-order valence-electron chi connectivity index (χ4n) is 2.93. The zero-order valence-corrected chi connectivity index (χ0v) is 11.5. The van der Waals surface area contributed by atoms with E-state index in [2.05, 4.69) is 25.8 Å². The molecule has 3 heterocycles. The molecule has 0 amide bonds. The summed E-state index contributed by atoms with van der Waals surface area (Å²) in [5.41, 5.74) is 0. The molecule has 5 nitrogen and oxygen atoms in total. The molecule has 1 N–H and O–H groups in total. The molecule has 19 heavy (non-hydrogen) atoms. The maximum atomic E-state index is 9.65. The summed E-state index contributed by atoms with van der Waals surface area (Å²) in [6.07, 6.45) is 4.45. The Labute approximate surface area is 114 Å². The molecule has 0 aromatic carbocycles. The first-order valence-corrected chi connectivity index (χ1v) is 7.26. The van der Waals surface area contributed by atoms with Crippen LogP contribution in [0.4, 0.5) is 11.6 Å². The van der Waals surface area contributed by atoms with Gasteiger partial charge in [-0.15, -0.1) is 0 Å². The number of β-amino-alcohol motifs (C(OH)–C–C–N with tert-alkyl or cyclic N) is 1. The van der Waals surface area contributed by atoms with Crippen molar-refractivity contribution in [2.24, 2.45) is 0 Å². The predicted octanol–water partition coefficient (Wildman–Crippen LogP) is 1.35. The Kier molecular flexibility index (Phi) is 3.55. The molecule has 2 fully saturated rings. The van der Waals surface area contributed by atoms with Gasteiger partial charge in [-0.25, -0.2) is 9.97 Å². The van der Waals surface area contributed by atoms with Gasteiger partial charge in [0.2, 0.25) is 0 Å². The number of aliphatic hydroxyl groups excluding tert-OH is 1. The maximum absolute atomic E-state index is 9.65. The minimum atomic E-state index is -0.214. The van der Waals surface area contributed by atoms with Crippen LogP contribution < -0.4 is 9.80 Å². The van der Waals surface area contributed by atoms with Gasteiger partial charge < -0.3 is 14.9 Å². The Balaban J connectivity index is 1.83. The van der Waals surface area contributed by atoms with Gasteiger partial charge in [0.15, 0.2) is 0 Å². The fourth-order valence-corrected chi connectivity index (χ4v) is 2.93. The Bertz CT molecular complexity index is 422. The van der Waals surface area contributed by atoms with Gasteiger partial charge in [0.25, 0.3) is 0 Å². The van der Waals surface area contributed by atoms with Gasteiger partial charge in [0.05, 0.1) is 6.10 Å². The molecule has 5 heteroatoms. The minimum absolute atomic E-state index is 0.214. The lowest BCUT2D eigenvalue weighted by atomic mass is 10.1. The monoisotopic (exact) mass is 262 g/mol. The van der Waals surface area contributed by atoms with Crippen molar-refractivity contribution in [2.75, 3.05) is 36.0 Å². The fraction of sp³-hybridized carbons (Fsp3) is 0.714. The number of aromatic nitrogens is 2. The topological polar surface area (TPSA) is 52.5 Å². The van der Waals surface area contributed by atoms with Crippen LogP contribution in [0, 0.1) is 6.92 Å². The summed E-state index contributed by atoms with van der Waals surface area (Å²) in [7, 11) is 0. The van der Waals surface area contributed by atoms with Crippen molar-refractivity contribution >= 4 is 11.6 Å². The van der Waals surface area contributed by atoms with Gasteiger partial charge in [-0.1, -0.05) is 0 Å². The normalized spacial score (nSPS) is 24.0. The zero-order chi connectivity index (χ0) is 13.2. The molecule has 1 unspecified atom stereocenters. The van der Waals surface area contributed by atoms with E-state index >= 15 is 0 Å². The van der Waals surface area contributed by atoms with Gasteiger partial charge >= 0.3 is 0 Å². The van der Waals surface area contributed by atoms with Crippen LogP contribution in [0.2, 0.25) is 0 Å². The van der Waals surface area contributed by atoms with Crippen LogP contribution in [0.15, 0.2) is 6.07 Å². The minimum Gasteiger partial charge on any atom is -0.391 e. The summed E-state index contributed by atoms with van der Waals surface area (Å²) < 4.78 is 0. The van der Waals surface area contributed by atoms with Crippen LogP contribution in [0.5, 0.6) is 0 Å². The van der Waals surface area contributed by atoms with E-state index in [9.17, 15) is 5.11 Å². The molecule has 2 saturated heterocycles. The number of aryl methyl sites for hydroxylation is 1. The van der Waals surface area contributed by atoms with E-state index in [4.69, 9.17) is 0 Å². The largest absolute Gasteiger partial charge is 0.391 e. The Morgan fingerprint density at radius 3 is 2.37 bits per heavy atom. The van der Waals surface area contributed by atoms with Crippen LogP contribution in [0.25, 0.3) is 0 Å². The predicted molar refractivity (Wildman–Crippen MR) is 75.7 cm³/mol. The molecule has 0 bridgehead atoms. The maximum Gasteiger partial charge on any atom is 0.134 e. The highest BCUT2D eigenvalue weighted by Gasteiger charge is 2.23. The average Bonchev–Trinajstić information content (AvgIpc) is 2.86. The summed E-state index contributed by atoms with van der Waals surface area (Å²) in [5.74, 6) is 2.83. The first-order valence-electron chi connectivity index (χ1n) is 7.26. The van der Waals surface area contributed by atoms with Crippen molar-refractivity contribution in [3.8, 4) is 0 Å². The SMILES string of the molecule is Cc1nc(N2CCCCC2)cc(N2CCC(O)C2)n1. The first-order chi connectivity index (χ1) is 9.22. The van der Waals surface area contributed by atoms with Gasteiger partial charge in [-0.2, -0.15) is 0 Å². The standard InChI is InChI=1S/C14H22N4O/c1-11-15-13(17-6-3-2-4-7-17)9-14(16-11)18-8-5-12(19)10-18/h9,12,19H,2-8,10H2,1H3. The molecule has 0 spiro atoms. The Morgan fingerprint density at radius 1 is 1.05 bits per heavy atom. The third kappa shape index (κ3) is 2.81. The summed E-state index contributed by atoms with van der Waals surface area (Å²) in [6.45, 7) is 5.72. The quantitative estimate of drug-likeness (QED) is 0.872. The second kappa shape index (κ2) is 5.33. The van der Waals surface area contributed by atoms with Gasteiger partial charge in [0, 0.05) is 32.2 Å². The number of piperidine rings is 1. The van der Waals surface area contributed by atoms with Crippen LogP contribution >= 0.6 is 0 Å². The number of anilines is 2. The third-order valence-corrected chi connectivity index (χ3v) is 3.98. The number of hydrogen-bond acceptors (Lipinski definition) is 5. The summed E-state index contributed by atoms with van der Waals surface area (Å²) >= 11 is 0. The molecule has 2 aliphatic rings. The molecule has 0 aliphatic carbocycles. The zero-order valence-electron chi connectivity index (χ0n) is 11.5. The highest BCUT2D eigenvalue weighted by atomic mass is 16.3. The third-order valence-electron chi connectivity index (χ3n) is 3.98. The summed E-state index contributed by atoms with van der Waals surface area (Å²) in [6, 6.07) is 2.08. The molecule has 2 aliphatic heterocycles. The van der Waals surface area contributed by atoms with E-state index < -0.39 is 0 Å². The van der Waals surface area contributed by atoms with Gasteiger partial charge in [-0.05, 0) is 32.6 Å². The number of nitrogens with zero attached hydrogens (tertiary/aromatic N) is 4. The van der Waals surface area contributed by atoms with E-state index in [0.29, 0.717) is 6.54 Å². The van der Waals surface area contributed by atoms with Crippen molar-refractivity contribution in [1.82, 2.24) is 9.97 Å². The summed E-state index contributed by atoms with van der Waals surface area (Å²) in [5, 5.41) is 9.65. The second-order valence-corrected chi connectivity index (χ2v) is 5.57. The van der Waals surface area contributed by atoms with Gasteiger partial charge in [-0.3, -0.25) is 0 Å². The smallest absolute Gasteiger partial charge is 0.134 e. The lowest BCUT2D eigenvalue weighted by molar-refractivity contribution is 0.198. The van der Waals surface area contributed by atoms with Gasteiger partial charge in [0.1, 0.15) is 17.5 Å². The highest BCUT2D eigenvalue weighted by molar-refractivity contribution is 5.51. The van der Waals surface area contributed by atoms with E-state index in [1.54, 1.807) is 0 Å². The summed E-state index contributed by atoms with van der Waals surface area (Å²) in [4.78, 5) is 13.6. The van der Waals surface area contributed by atoms with Crippen LogP contribution in [-0.2, 0) is 0 Å². The van der Waals surface area contributed by atoms with Crippen LogP contribution in [0.1, 0.15) is 31.5 Å². The molecule has 0 radical (unpaired) electrons. The van der Waals surface area contributed by atoms with E-state index in [0.717, 1.165) is 43.5 Å². The molecular formula is C14H22N4O. The Hall–Kier alpha value is -1.36. The van der Waals surface area contributed by atoms with Crippen molar-refractivity contribution in [1.29, 1.82) is 0 Å². The Morgan fingerprint density at radius 2 is 1.74 bits per heavy atom.